The molecule has 0 spiro atoms. The van der Waals surface area contributed by atoms with Gasteiger partial charge < -0.3 is 9.84 Å². The third kappa shape index (κ3) is 4.51. The van der Waals surface area contributed by atoms with Crippen molar-refractivity contribution < 1.29 is 9.84 Å². The van der Waals surface area contributed by atoms with E-state index in [0.717, 1.165) is 25.0 Å². The monoisotopic (exact) mass is 233 g/mol. The average molecular weight is 234 g/mol. The summed E-state index contributed by atoms with van der Waals surface area (Å²) >= 11 is 5.60. The summed E-state index contributed by atoms with van der Waals surface area (Å²) in [6.45, 7) is 4.78. The molecule has 0 saturated carbocycles. The van der Waals surface area contributed by atoms with Crippen LogP contribution >= 0.6 is 11.6 Å². The van der Waals surface area contributed by atoms with Crippen molar-refractivity contribution in [2.45, 2.75) is 25.4 Å². The highest BCUT2D eigenvalue weighted by atomic mass is 35.5. The van der Waals surface area contributed by atoms with Gasteiger partial charge in [0.25, 0.3) is 0 Å². The normalized spacial score (nSPS) is 22.1. The van der Waals surface area contributed by atoms with Gasteiger partial charge in [-0.25, -0.2) is 0 Å². The molecule has 1 saturated heterocycles. The van der Waals surface area contributed by atoms with Crippen LogP contribution in [-0.2, 0) is 4.74 Å². The minimum atomic E-state index is -0.584. The van der Waals surface area contributed by atoms with E-state index in [1.54, 1.807) is 5.54 Å². The van der Waals surface area contributed by atoms with Crippen LogP contribution in [0.15, 0.2) is 11.1 Å². The Hall–Kier alpha value is -0.0900. The molecule has 88 valence electrons. The highest BCUT2D eigenvalue weighted by molar-refractivity contribution is 6.25. The molecule has 0 aromatic carbocycles. The molecule has 0 radical (unpaired) electrons. The largest absolute Gasteiger partial charge is 0.388 e. The van der Waals surface area contributed by atoms with Crippen molar-refractivity contribution in [3.05, 3.63) is 11.1 Å². The second-order valence-corrected chi connectivity index (χ2v) is 4.68. The summed E-state index contributed by atoms with van der Waals surface area (Å²) in [7, 11) is 2.00. The summed E-state index contributed by atoms with van der Waals surface area (Å²) in [4.78, 5) is 2.10. The lowest BCUT2D eigenvalue weighted by atomic mass is 9.94. The Morgan fingerprint density at radius 2 is 2.13 bits per heavy atom. The van der Waals surface area contributed by atoms with Crippen LogP contribution in [0.5, 0.6) is 0 Å². The molecule has 15 heavy (non-hydrogen) atoms. The van der Waals surface area contributed by atoms with Gasteiger partial charge in [-0.2, -0.15) is 0 Å². The summed E-state index contributed by atoms with van der Waals surface area (Å²) in [5.74, 6) is 0. The zero-order valence-electron chi connectivity index (χ0n) is 9.50. The van der Waals surface area contributed by atoms with Gasteiger partial charge in [-0.1, -0.05) is 11.6 Å². The van der Waals surface area contributed by atoms with E-state index >= 15 is 0 Å². The van der Waals surface area contributed by atoms with Gasteiger partial charge in [0, 0.05) is 44.7 Å². The van der Waals surface area contributed by atoms with Crippen molar-refractivity contribution in [1.29, 1.82) is 0 Å². The number of rotatable bonds is 4. The average Bonchev–Trinajstić information content (AvgIpc) is 2.17. The van der Waals surface area contributed by atoms with Crippen molar-refractivity contribution >= 4 is 11.6 Å². The highest BCUT2D eigenvalue weighted by Crippen LogP contribution is 2.21. The standard InChI is InChI=1S/C11H20ClNO2/c1-10(7-12)8-13(2)9-11(14)3-5-15-6-4-11/h7,14H,3-6,8-9H2,1-2H3. The molecule has 0 aliphatic carbocycles. The predicted octanol–water partition coefficient (Wildman–Crippen LogP) is 1.60. The van der Waals surface area contributed by atoms with E-state index in [1.165, 1.54) is 0 Å². The molecule has 3 nitrogen and oxygen atoms in total. The fourth-order valence-corrected chi connectivity index (χ4v) is 2.00. The Morgan fingerprint density at radius 1 is 1.53 bits per heavy atom. The quantitative estimate of drug-likeness (QED) is 0.801. The van der Waals surface area contributed by atoms with Crippen molar-refractivity contribution in [2.75, 3.05) is 33.4 Å². The van der Waals surface area contributed by atoms with Crippen LogP contribution in [0.25, 0.3) is 0 Å². The van der Waals surface area contributed by atoms with Crippen LogP contribution < -0.4 is 0 Å². The number of nitrogens with zero attached hydrogens (tertiary/aromatic N) is 1. The van der Waals surface area contributed by atoms with Gasteiger partial charge in [-0.3, -0.25) is 4.90 Å². The van der Waals surface area contributed by atoms with E-state index in [9.17, 15) is 5.11 Å². The maximum absolute atomic E-state index is 10.3. The molecule has 0 atom stereocenters. The maximum atomic E-state index is 10.3. The highest BCUT2D eigenvalue weighted by Gasteiger charge is 2.30. The summed E-state index contributed by atoms with van der Waals surface area (Å²) in [5.41, 5.74) is 2.11. The minimum absolute atomic E-state index is 0.584. The Morgan fingerprint density at radius 3 is 2.67 bits per heavy atom. The van der Waals surface area contributed by atoms with Gasteiger partial charge >= 0.3 is 0 Å². The maximum Gasteiger partial charge on any atom is 0.0817 e. The summed E-state index contributed by atoms with van der Waals surface area (Å²) in [6.07, 6.45) is 1.45. The lowest BCUT2D eigenvalue weighted by Crippen LogP contribution is -2.45. The van der Waals surface area contributed by atoms with Crippen molar-refractivity contribution in [2.24, 2.45) is 0 Å². The topological polar surface area (TPSA) is 32.7 Å². The third-order valence-corrected chi connectivity index (χ3v) is 3.07. The molecule has 1 fully saturated rings. The van der Waals surface area contributed by atoms with Crippen molar-refractivity contribution in [3.63, 3.8) is 0 Å². The van der Waals surface area contributed by atoms with Gasteiger partial charge in [0.15, 0.2) is 0 Å². The van der Waals surface area contributed by atoms with Gasteiger partial charge in [0.1, 0.15) is 0 Å². The molecule has 1 rings (SSSR count). The molecule has 1 heterocycles. The lowest BCUT2D eigenvalue weighted by Gasteiger charge is -2.35. The Labute approximate surface area is 96.7 Å². The van der Waals surface area contributed by atoms with Crippen LogP contribution in [0.4, 0.5) is 0 Å². The lowest BCUT2D eigenvalue weighted by molar-refractivity contribution is -0.0759. The van der Waals surface area contributed by atoms with E-state index in [2.05, 4.69) is 4.90 Å². The zero-order valence-corrected chi connectivity index (χ0v) is 10.3. The number of likely N-dealkylation sites (N-methyl/N-ethyl adjacent to an activating group) is 1. The third-order valence-electron chi connectivity index (χ3n) is 2.69. The molecular formula is C11H20ClNO2. The molecule has 0 amide bonds. The molecule has 0 aromatic heterocycles. The second kappa shape index (κ2) is 5.85. The van der Waals surface area contributed by atoms with E-state index in [1.807, 2.05) is 14.0 Å². The number of halogens is 1. The minimum Gasteiger partial charge on any atom is -0.388 e. The molecule has 4 heteroatoms. The van der Waals surface area contributed by atoms with Gasteiger partial charge in [-0.15, -0.1) is 0 Å². The Balaban J connectivity index is 2.38. The van der Waals surface area contributed by atoms with Crippen LogP contribution in [0.1, 0.15) is 19.8 Å². The van der Waals surface area contributed by atoms with Gasteiger partial charge in [-0.05, 0) is 19.5 Å². The van der Waals surface area contributed by atoms with E-state index < -0.39 is 5.60 Å². The van der Waals surface area contributed by atoms with Crippen LogP contribution in [-0.4, -0.2) is 49.0 Å². The van der Waals surface area contributed by atoms with Crippen molar-refractivity contribution in [3.8, 4) is 0 Å². The number of hydrogen-bond acceptors (Lipinski definition) is 3. The molecular weight excluding hydrogens is 214 g/mol. The Kier molecular flexibility index (Phi) is 5.06. The molecule has 1 aliphatic rings. The van der Waals surface area contributed by atoms with Crippen LogP contribution in [0.3, 0.4) is 0 Å². The van der Waals surface area contributed by atoms with Gasteiger partial charge in [0.2, 0.25) is 0 Å². The molecule has 0 unspecified atom stereocenters. The first-order valence-electron chi connectivity index (χ1n) is 5.30. The molecule has 0 aromatic rings. The predicted molar refractivity (Wildman–Crippen MR) is 62.1 cm³/mol. The number of aliphatic hydroxyl groups is 1. The number of hydrogen-bond donors (Lipinski definition) is 1. The first-order chi connectivity index (χ1) is 7.06. The molecule has 0 bridgehead atoms. The Bertz CT molecular complexity index is 225. The fourth-order valence-electron chi connectivity index (χ4n) is 1.93. The fraction of sp³-hybridized carbons (Fsp3) is 0.818. The van der Waals surface area contributed by atoms with E-state index in [-0.39, 0.29) is 0 Å². The van der Waals surface area contributed by atoms with E-state index in [0.29, 0.717) is 19.8 Å². The van der Waals surface area contributed by atoms with Crippen LogP contribution in [0.2, 0.25) is 0 Å². The second-order valence-electron chi connectivity index (χ2n) is 4.46. The molecule has 1 aliphatic heterocycles. The summed E-state index contributed by atoms with van der Waals surface area (Å²) in [6, 6.07) is 0. The number of ether oxygens (including phenoxy) is 1. The molecule has 1 N–H and O–H groups in total. The van der Waals surface area contributed by atoms with E-state index in [4.69, 9.17) is 16.3 Å². The van der Waals surface area contributed by atoms with Crippen molar-refractivity contribution in [1.82, 2.24) is 4.90 Å². The smallest absolute Gasteiger partial charge is 0.0817 e. The first kappa shape index (κ1) is 13.0. The summed E-state index contributed by atoms with van der Waals surface area (Å²) in [5, 5.41) is 10.3. The first-order valence-corrected chi connectivity index (χ1v) is 5.74. The summed E-state index contributed by atoms with van der Waals surface area (Å²) < 4.78 is 5.24. The SMILES string of the molecule is CC(=CCl)CN(C)CC1(O)CCOCC1. The zero-order chi connectivity index (χ0) is 11.3. The van der Waals surface area contributed by atoms with Crippen LogP contribution in [0, 0.1) is 0 Å². The van der Waals surface area contributed by atoms with Gasteiger partial charge in [0.05, 0.1) is 5.60 Å².